The van der Waals surface area contributed by atoms with Crippen LogP contribution in [0.25, 0.3) is 11.4 Å². The van der Waals surface area contributed by atoms with Crippen molar-refractivity contribution < 1.29 is 13.2 Å². The van der Waals surface area contributed by atoms with Gasteiger partial charge in [0.05, 0.1) is 17.3 Å². The Balaban J connectivity index is 1.67. The zero-order valence-electron chi connectivity index (χ0n) is 14.5. The Morgan fingerprint density at radius 1 is 1.37 bits per heavy atom. The van der Waals surface area contributed by atoms with Gasteiger partial charge in [-0.05, 0) is 30.7 Å². The summed E-state index contributed by atoms with van der Waals surface area (Å²) < 4.78 is 24.8. The van der Waals surface area contributed by atoms with Crippen LogP contribution < -0.4 is 5.32 Å². The van der Waals surface area contributed by atoms with Crippen molar-refractivity contribution in [3.05, 3.63) is 41.9 Å². The molecule has 0 spiro atoms. The first-order chi connectivity index (χ1) is 12.9. The highest BCUT2D eigenvalue weighted by molar-refractivity contribution is 7.99. The Morgan fingerprint density at radius 3 is 2.74 bits per heavy atom. The molecule has 0 aliphatic carbocycles. The van der Waals surface area contributed by atoms with Gasteiger partial charge < -0.3 is 5.32 Å². The van der Waals surface area contributed by atoms with Gasteiger partial charge >= 0.3 is 0 Å². The second-order valence-corrected chi connectivity index (χ2v) is 9.78. The van der Waals surface area contributed by atoms with Crippen molar-refractivity contribution in [1.29, 1.82) is 0 Å². The molecule has 1 aliphatic rings. The smallest absolute Gasteiger partial charge is 0.230 e. The second-order valence-electron chi connectivity index (χ2n) is 6.17. The topological polar surface area (TPSA) is 94.0 Å². The fraction of sp³-hybridized carbons (Fsp3) is 0.353. The van der Waals surface area contributed by atoms with E-state index in [1.165, 1.54) is 11.8 Å². The highest BCUT2D eigenvalue weighted by Gasteiger charge is 2.29. The van der Waals surface area contributed by atoms with Crippen LogP contribution in [0.3, 0.4) is 0 Å². The number of carbonyl (C=O) groups excluding carboxylic acids is 1. The number of hydrogen-bond acceptors (Lipinski definition) is 6. The predicted molar refractivity (Wildman–Crippen MR) is 107 cm³/mol. The van der Waals surface area contributed by atoms with Crippen LogP contribution in [-0.2, 0) is 21.2 Å². The number of rotatable bonds is 7. The van der Waals surface area contributed by atoms with E-state index in [4.69, 9.17) is 11.6 Å². The lowest BCUT2D eigenvalue weighted by Gasteiger charge is -2.11. The molecule has 1 aromatic carbocycles. The molecule has 1 fully saturated rings. The molecule has 2 heterocycles. The number of sulfone groups is 1. The van der Waals surface area contributed by atoms with Gasteiger partial charge in [-0.3, -0.25) is 9.36 Å². The maximum absolute atomic E-state index is 12.1. The van der Waals surface area contributed by atoms with Gasteiger partial charge in [-0.25, -0.2) is 8.42 Å². The normalized spacial score (nSPS) is 18.3. The first-order valence-electron chi connectivity index (χ1n) is 8.30. The summed E-state index contributed by atoms with van der Waals surface area (Å²) in [5, 5.41) is 12.4. The van der Waals surface area contributed by atoms with Crippen LogP contribution in [0.5, 0.6) is 0 Å². The highest BCUT2D eigenvalue weighted by atomic mass is 35.5. The third kappa shape index (κ3) is 5.12. The van der Waals surface area contributed by atoms with E-state index in [0.717, 1.165) is 5.56 Å². The van der Waals surface area contributed by atoms with Crippen LogP contribution in [0.1, 0.15) is 6.42 Å². The maximum Gasteiger partial charge on any atom is 0.230 e. The summed E-state index contributed by atoms with van der Waals surface area (Å²) in [6, 6.07) is 6.96. The van der Waals surface area contributed by atoms with Crippen molar-refractivity contribution in [3.8, 4) is 11.4 Å². The molecule has 144 valence electrons. The Labute approximate surface area is 167 Å². The quantitative estimate of drug-likeness (QED) is 0.538. The van der Waals surface area contributed by atoms with Crippen molar-refractivity contribution in [3.63, 3.8) is 0 Å². The van der Waals surface area contributed by atoms with E-state index in [2.05, 4.69) is 22.1 Å². The molecule has 1 aliphatic heterocycles. The van der Waals surface area contributed by atoms with E-state index in [0.29, 0.717) is 29.0 Å². The number of aromatic nitrogens is 3. The lowest BCUT2D eigenvalue weighted by atomic mass is 10.2. The molecule has 2 aromatic rings. The summed E-state index contributed by atoms with van der Waals surface area (Å²) >= 11 is 7.18. The molecule has 1 aromatic heterocycles. The van der Waals surface area contributed by atoms with Gasteiger partial charge in [-0.2, -0.15) is 0 Å². The molecule has 27 heavy (non-hydrogen) atoms. The average molecular weight is 427 g/mol. The number of nitrogens with zero attached hydrogens (tertiary/aromatic N) is 3. The van der Waals surface area contributed by atoms with Crippen molar-refractivity contribution in [2.75, 3.05) is 17.3 Å². The molecule has 1 atom stereocenters. The average Bonchev–Trinajstić information content (AvgIpc) is 3.17. The van der Waals surface area contributed by atoms with Crippen molar-refractivity contribution in [2.45, 2.75) is 24.2 Å². The third-order valence-electron chi connectivity index (χ3n) is 4.06. The van der Waals surface area contributed by atoms with Gasteiger partial charge in [0.1, 0.15) is 0 Å². The van der Waals surface area contributed by atoms with Crippen LogP contribution in [0.15, 0.2) is 42.1 Å². The van der Waals surface area contributed by atoms with Crippen LogP contribution in [0, 0.1) is 0 Å². The zero-order valence-corrected chi connectivity index (χ0v) is 16.9. The number of benzene rings is 1. The van der Waals surface area contributed by atoms with Gasteiger partial charge in [0.15, 0.2) is 20.8 Å². The number of hydrogen-bond donors (Lipinski definition) is 1. The van der Waals surface area contributed by atoms with Crippen LogP contribution in [0.4, 0.5) is 0 Å². The summed E-state index contributed by atoms with van der Waals surface area (Å²) in [4.78, 5) is 12.1. The number of allylic oxidation sites excluding steroid dienone is 1. The minimum atomic E-state index is -3.02. The van der Waals surface area contributed by atoms with E-state index >= 15 is 0 Å². The molecular weight excluding hydrogens is 408 g/mol. The Bertz CT molecular complexity index is 942. The molecule has 0 unspecified atom stereocenters. The minimum Gasteiger partial charge on any atom is -0.352 e. The van der Waals surface area contributed by atoms with Crippen molar-refractivity contribution in [2.24, 2.45) is 0 Å². The van der Waals surface area contributed by atoms with E-state index in [1.54, 1.807) is 18.2 Å². The third-order valence-corrected chi connectivity index (χ3v) is 7.05. The Hall–Kier alpha value is -1.84. The molecule has 0 radical (unpaired) electrons. The molecule has 10 heteroatoms. The lowest BCUT2D eigenvalue weighted by molar-refractivity contribution is -0.119. The Morgan fingerprint density at radius 2 is 2.11 bits per heavy atom. The van der Waals surface area contributed by atoms with Crippen LogP contribution in [-0.4, -0.2) is 52.4 Å². The van der Waals surface area contributed by atoms with Gasteiger partial charge in [-0.15, -0.1) is 16.8 Å². The molecule has 1 amide bonds. The van der Waals surface area contributed by atoms with E-state index in [-0.39, 0.29) is 29.2 Å². The SMILES string of the molecule is C=CCn1c(SCC(=O)N[C@@H]2CCS(=O)(=O)C2)nnc1-c1ccc(Cl)cc1. The molecule has 7 nitrogen and oxygen atoms in total. The summed E-state index contributed by atoms with van der Waals surface area (Å²) in [7, 11) is -3.02. The largest absolute Gasteiger partial charge is 0.352 e. The molecule has 1 saturated heterocycles. The number of thioether (sulfide) groups is 1. The summed E-state index contributed by atoms with van der Waals surface area (Å²) in [6.45, 7) is 4.26. The predicted octanol–water partition coefficient (Wildman–Crippen LogP) is 2.18. The van der Waals surface area contributed by atoms with Crippen LogP contribution in [0.2, 0.25) is 5.02 Å². The summed E-state index contributed by atoms with van der Waals surface area (Å²) in [5.41, 5.74) is 0.862. The van der Waals surface area contributed by atoms with Crippen molar-refractivity contribution >= 4 is 39.1 Å². The van der Waals surface area contributed by atoms with E-state index in [9.17, 15) is 13.2 Å². The van der Waals surface area contributed by atoms with Gasteiger partial charge in [0, 0.05) is 23.2 Å². The molecule has 0 saturated carbocycles. The fourth-order valence-electron chi connectivity index (χ4n) is 2.81. The van der Waals surface area contributed by atoms with E-state index in [1.807, 2.05) is 16.7 Å². The molecular formula is C17H19ClN4O3S2. The summed E-state index contributed by atoms with van der Waals surface area (Å²) in [5.74, 6) is 0.714. The monoisotopic (exact) mass is 426 g/mol. The Kier molecular flexibility index (Phi) is 6.23. The molecule has 3 rings (SSSR count). The van der Waals surface area contributed by atoms with Crippen LogP contribution >= 0.6 is 23.4 Å². The number of carbonyl (C=O) groups is 1. The van der Waals surface area contributed by atoms with Crippen molar-refractivity contribution in [1.82, 2.24) is 20.1 Å². The lowest BCUT2D eigenvalue weighted by Crippen LogP contribution is -2.36. The van der Waals surface area contributed by atoms with Gasteiger partial charge in [0.2, 0.25) is 5.91 Å². The number of nitrogens with one attached hydrogen (secondary N) is 1. The minimum absolute atomic E-state index is 0.0107. The first kappa shape index (κ1) is 19.9. The number of halogens is 1. The first-order valence-corrected chi connectivity index (χ1v) is 11.5. The highest BCUT2D eigenvalue weighted by Crippen LogP contribution is 2.25. The maximum atomic E-state index is 12.1. The molecule has 0 bridgehead atoms. The zero-order chi connectivity index (χ0) is 19.4. The standard InChI is InChI=1S/C17H19ClN4O3S2/c1-2-8-22-16(12-3-5-13(18)6-4-12)20-21-17(22)26-10-15(23)19-14-7-9-27(24,25)11-14/h2-6,14H,1,7-11H2,(H,19,23)/t14-/m1/s1. The fourth-order valence-corrected chi connectivity index (χ4v) is 5.37. The number of amides is 1. The molecule has 1 N–H and O–H groups in total. The second kappa shape index (κ2) is 8.45. The van der Waals surface area contributed by atoms with Gasteiger partial charge in [-0.1, -0.05) is 29.4 Å². The van der Waals surface area contributed by atoms with Gasteiger partial charge in [0.25, 0.3) is 0 Å². The van der Waals surface area contributed by atoms with E-state index < -0.39 is 9.84 Å². The summed E-state index contributed by atoms with van der Waals surface area (Å²) in [6.07, 6.45) is 2.20.